The Morgan fingerprint density at radius 3 is 3.12 bits per heavy atom. The van der Waals surface area contributed by atoms with Gasteiger partial charge in [0.25, 0.3) is 0 Å². The number of ether oxygens (including phenoxy) is 1. The van der Waals surface area contributed by atoms with Gasteiger partial charge in [0.15, 0.2) is 0 Å². The van der Waals surface area contributed by atoms with E-state index in [0.29, 0.717) is 11.9 Å². The lowest BCUT2D eigenvalue weighted by molar-refractivity contribution is 0.348. The second kappa shape index (κ2) is 5.87. The molecule has 1 saturated heterocycles. The first kappa shape index (κ1) is 12.2. The molecule has 94 valence electrons. The van der Waals surface area contributed by atoms with Crippen LogP contribution in [0.5, 0.6) is 5.88 Å². The third kappa shape index (κ3) is 3.33. The Balaban J connectivity index is 1.99. The Morgan fingerprint density at radius 1 is 1.41 bits per heavy atom. The number of likely N-dealkylation sites (tertiary alicyclic amines) is 1. The van der Waals surface area contributed by atoms with Crippen molar-refractivity contribution in [1.82, 2.24) is 9.88 Å². The first-order valence-corrected chi connectivity index (χ1v) is 6.23. The molecule has 0 radical (unpaired) electrons. The summed E-state index contributed by atoms with van der Waals surface area (Å²) in [5.74, 6) is 0.685. The quantitative estimate of drug-likeness (QED) is 0.869. The van der Waals surface area contributed by atoms with Gasteiger partial charge in [-0.05, 0) is 51.5 Å². The van der Waals surface area contributed by atoms with Gasteiger partial charge in [-0.15, -0.1) is 0 Å². The van der Waals surface area contributed by atoms with Crippen LogP contribution >= 0.6 is 0 Å². The molecule has 17 heavy (non-hydrogen) atoms. The molecule has 0 spiro atoms. The van der Waals surface area contributed by atoms with Crippen LogP contribution in [0.3, 0.4) is 0 Å². The Bertz CT molecular complexity index is 356. The van der Waals surface area contributed by atoms with Crippen molar-refractivity contribution in [1.29, 1.82) is 0 Å². The maximum atomic E-state index is 5.26. The molecular weight excluding hydrogens is 214 g/mol. The molecule has 1 aromatic heterocycles. The van der Waals surface area contributed by atoms with Gasteiger partial charge >= 0.3 is 0 Å². The van der Waals surface area contributed by atoms with Crippen molar-refractivity contribution in [2.75, 3.05) is 32.6 Å². The van der Waals surface area contributed by atoms with Crippen LogP contribution in [0.1, 0.15) is 19.3 Å². The zero-order valence-electron chi connectivity index (χ0n) is 10.6. The van der Waals surface area contributed by atoms with Crippen molar-refractivity contribution in [3.8, 4) is 5.88 Å². The van der Waals surface area contributed by atoms with Gasteiger partial charge in [0, 0.05) is 12.2 Å². The van der Waals surface area contributed by atoms with Crippen LogP contribution in [0.15, 0.2) is 18.3 Å². The van der Waals surface area contributed by atoms with Crippen molar-refractivity contribution in [3.05, 3.63) is 18.3 Å². The lowest BCUT2D eigenvalue weighted by Crippen LogP contribution is -2.23. The minimum atomic E-state index is 0.526. The van der Waals surface area contributed by atoms with Gasteiger partial charge in [0.2, 0.25) is 5.88 Å². The minimum absolute atomic E-state index is 0.526. The molecule has 1 unspecified atom stereocenters. The molecule has 0 amide bonds. The number of rotatable bonds is 3. The summed E-state index contributed by atoms with van der Waals surface area (Å²) in [6, 6.07) is 4.49. The summed E-state index contributed by atoms with van der Waals surface area (Å²) in [7, 11) is 3.85. The average molecular weight is 235 g/mol. The number of aromatic nitrogens is 1. The Kier molecular flexibility index (Phi) is 4.20. The zero-order valence-corrected chi connectivity index (χ0v) is 10.6. The molecule has 1 aliphatic heterocycles. The highest BCUT2D eigenvalue weighted by atomic mass is 16.5. The predicted molar refractivity (Wildman–Crippen MR) is 69.5 cm³/mol. The van der Waals surface area contributed by atoms with E-state index in [9.17, 15) is 0 Å². The Hall–Kier alpha value is -1.29. The molecule has 2 heterocycles. The normalized spacial score (nSPS) is 21.9. The van der Waals surface area contributed by atoms with Crippen LogP contribution in [-0.4, -0.2) is 43.2 Å². The van der Waals surface area contributed by atoms with Gasteiger partial charge in [-0.3, -0.25) is 0 Å². The highest BCUT2D eigenvalue weighted by Gasteiger charge is 2.16. The number of nitrogens with one attached hydrogen (secondary N) is 1. The first-order chi connectivity index (χ1) is 8.29. The highest BCUT2D eigenvalue weighted by molar-refractivity contribution is 5.52. The maximum Gasteiger partial charge on any atom is 0.237 e. The summed E-state index contributed by atoms with van der Waals surface area (Å²) >= 11 is 0. The number of anilines is 1. The van der Waals surface area contributed by atoms with Gasteiger partial charge in [0.1, 0.15) is 0 Å². The number of hydrogen-bond acceptors (Lipinski definition) is 4. The molecule has 4 nitrogen and oxygen atoms in total. The van der Waals surface area contributed by atoms with Crippen molar-refractivity contribution >= 4 is 5.69 Å². The van der Waals surface area contributed by atoms with Crippen LogP contribution < -0.4 is 10.1 Å². The zero-order chi connectivity index (χ0) is 12.1. The third-order valence-corrected chi connectivity index (χ3v) is 3.28. The average Bonchev–Trinajstić information content (AvgIpc) is 2.55. The van der Waals surface area contributed by atoms with E-state index in [4.69, 9.17) is 4.74 Å². The fraction of sp³-hybridized carbons (Fsp3) is 0.615. The van der Waals surface area contributed by atoms with Crippen molar-refractivity contribution in [3.63, 3.8) is 0 Å². The van der Waals surface area contributed by atoms with E-state index in [1.165, 1.54) is 25.8 Å². The molecule has 4 heteroatoms. The molecule has 1 N–H and O–H groups in total. The molecular formula is C13H21N3O. The number of methoxy groups -OCH3 is 1. The van der Waals surface area contributed by atoms with E-state index < -0.39 is 0 Å². The van der Waals surface area contributed by atoms with Crippen LogP contribution in [-0.2, 0) is 0 Å². The smallest absolute Gasteiger partial charge is 0.237 e. The molecule has 1 aliphatic rings. The Labute approximate surface area is 103 Å². The second-order valence-corrected chi connectivity index (χ2v) is 4.64. The number of hydrogen-bond donors (Lipinski definition) is 1. The molecule has 1 atom stereocenters. The summed E-state index contributed by atoms with van der Waals surface area (Å²) in [6.07, 6.45) is 5.39. The largest absolute Gasteiger partial charge is 0.480 e. The summed E-state index contributed by atoms with van der Waals surface area (Å²) in [4.78, 5) is 6.60. The van der Waals surface area contributed by atoms with Crippen molar-refractivity contribution in [2.24, 2.45) is 0 Å². The minimum Gasteiger partial charge on any atom is -0.480 e. The summed E-state index contributed by atoms with van der Waals surface area (Å²) in [5.41, 5.74) is 1.00. The second-order valence-electron chi connectivity index (χ2n) is 4.64. The van der Waals surface area contributed by atoms with E-state index in [1.54, 1.807) is 13.3 Å². The van der Waals surface area contributed by atoms with Crippen LogP contribution in [0.2, 0.25) is 0 Å². The first-order valence-electron chi connectivity index (χ1n) is 6.23. The van der Waals surface area contributed by atoms with Crippen LogP contribution in [0.4, 0.5) is 5.69 Å². The SMILES string of the molecule is COc1ncccc1NC1CCCN(C)CC1. The predicted octanol–water partition coefficient (Wildman–Crippen LogP) is 1.99. The van der Waals surface area contributed by atoms with Gasteiger partial charge in [-0.2, -0.15) is 0 Å². The van der Waals surface area contributed by atoms with Gasteiger partial charge in [-0.25, -0.2) is 4.98 Å². The summed E-state index contributed by atoms with van der Waals surface area (Å²) in [6.45, 7) is 2.35. The van der Waals surface area contributed by atoms with E-state index in [0.717, 1.165) is 12.2 Å². The van der Waals surface area contributed by atoms with E-state index in [2.05, 4.69) is 22.2 Å². The maximum absolute atomic E-state index is 5.26. The van der Waals surface area contributed by atoms with Crippen LogP contribution in [0.25, 0.3) is 0 Å². The fourth-order valence-electron chi connectivity index (χ4n) is 2.27. The van der Waals surface area contributed by atoms with Gasteiger partial charge in [-0.1, -0.05) is 0 Å². The van der Waals surface area contributed by atoms with Gasteiger partial charge in [0.05, 0.1) is 12.8 Å². The standard InChI is InChI=1S/C13H21N3O/c1-16-9-4-5-11(7-10-16)15-12-6-3-8-14-13(12)17-2/h3,6,8,11,15H,4-5,7,9-10H2,1-2H3. The van der Waals surface area contributed by atoms with Crippen molar-refractivity contribution < 1.29 is 4.74 Å². The number of pyridine rings is 1. The van der Waals surface area contributed by atoms with E-state index in [-0.39, 0.29) is 0 Å². The monoisotopic (exact) mass is 235 g/mol. The third-order valence-electron chi connectivity index (χ3n) is 3.28. The van der Waals surface area contributed by atoms with Gasteiger partial charge < -0.3 is 15.0 Å². The van der Waals surface area contributed by atoms with Crippen molar-refractivity contribution in [2.45, 2.75) is 25.3 Å². The molecule has 0 aliphatic carbocycles. The lowest BCUT2D eigenvalue weighted by Gasteiger charge is -2.19. The lowest BCUT2D eigenvalue weighted by atomic mass is 10.1. The molecule has 1 aromatic rings. The molecule has 0 bridgehead atoms. The molecule has 2 rings (SSSR count). The van der Waals surface area contributed by atoms with E-state index in [1.807, 2.05) is 12.1 Å². The molecule has 0 saturated carbocycles. The Morgan fingerprint density at radius 2 is 2.29 bits per heavy atom. The van der Waals surface area contributed by atoms with E-state index >= 15 is 0 Å². The van der Waals surface area contributed by atoms with Crippen LogP contribution in [0, 0.1) is 0 Å². The topological polar surface area (TPSA) is 37.4 Å². The fourth-order valence-corrected chi connectivity index (χ4v) is 2.27. The summed E-state index contributed by atoms with van der Waals surface area (Å²) in [5, 5.41) is 3.55. The number of nitrogens with zero attached hydrogens (tertiary/aromatic N) is 2. The molecule has 1 fully saturated rings. The summed E-state index contributed by atoms with van der Waals surface area (Å²) < 4.78 is 5.26. The highest BCUT2D eigenvalue weighted by Crippen LogP contribution is 2.23. The molecule has 0 aromatic carbocycles.